The van der Waals surface area contributed by atoms with Gasteiger partial charge in [0.25, 0.3) is 0 Å². The molecule has 1 N–H and O–H groups in total. The first-order valence-corrected chi connectivity index (χ1v) is 9.00. The predicted octanol–water partition coefficient (Wildman–Crippen LogP) is 1.68. The predicted molar refractivity (Wildman–Crippen MR) is 90.6 cm³/mol. The second kappa shape index (κ2) is 7.91. The van der Waals surface area contributed by atoms with E-state index < -0.39 is 0 Å². The Balaban J connectivity index is 0.000000774. The van der Waals surface area contributed by atoms with Crippen LogP contribution >= 0.6 is 0 Å². The van der Waals surface area contributed by atoms with Gasteiger partial charge in [0, 0.05) is 32.3 Å². The molecular weight excluding hydrogens is 260 g/mol. The molecule has 3 aliphatic rings. The Hall–Kier alpha value is -0.160. The number of likely N-dealkylation sites (tertiary alicyclic amines) is 3. The fourth-order valence-electron chi connectivity index (χ4n) is 4.18. The third-order valence-electron chi connectivity index (χ3n) is 5.50. The molecule has 0 bridgehead atoms. The molecule has 0 aromatic heterocycles. The largest absolute Gasteiger partial charge is 0.307 e. The summed E-state index contributed by atoms with van der Waals surface area (Å²) in [6.07, 6.45) is 5.63. The van der Waals surface area contributed by atoms with Gasteiger partial charge in [0.1, 0.15) is 0 Å². The lowest BCUT2D eigenvalue weighted by molar-refractivity contribution is -0.0799. The molecule has 0 amide bonds. The van der Waals surface area contributed by atoms with Crippen molar-refractivity contribution in [3.63, 3.8) is 0 Å². The van der Waals surface area contributed by atoms with E-state index in [2.05, 4.69) is 34.1 Å². The van der Waals surface area contributed by atoms with Crippen molar-refractivity contribution in [2.24, 2.45) is 5.41 Å². The number of hydrogen-bond acceptors (Lipinski definition) is 4. The molecule has 21 heavy (non-hydrogen) atoms. The molecular formula is C17H36N4. The first-order valence-electron chi connectivity index (χ1n) is 9.00. The van der Waals surface area contributed by atoms with E-state index in [4.69, 9.17) is 0 Å². The molecule has 3 aliphatic heterocycles. The third kappa shape index (κ3) is 4.19. The molecule has 3 rings (SSSR count). The van der Waals surface area contributed by atoms with Crippen LogP contribution < -0.4 is 5.32 Å². The molecule has 3 saturated heterocycles. The average Bonchev–Trinajstić information content (AvgIpc) is 2.49. The number of piperidine rings is 2. The van der Waals surface area contributed by atoms with Crippen LogP contribution in [0.2, 0.25) is 0 Å². The molecule has 0 aromatic rings. The minimum absolute atomic E-state index is 0.692. The van der Waals surface area contributed by atoms with Crippen molar-refractivity contribution >= 4 is 0 Å². The van der Waals surface area contributed by atoms with Crippen molar-refractivity contribution in [3.05, 3.63) is 0 Å². The molecule has 0 aliphatic carbocycles. The van der Waals surface area contributed by atoms with Gasteiger partial charge < -0.3 is 10.2 Å². The van der Waals surface area contributed by atoms with Crippen molar-refractivity contribution in [1.82, 2.24) is 20.0 Å². The third-order valence-corrected chi connectivity index (χ3v) is 5.50. The molecule has 4 heteroatoms. The lowest BCUT2D eigenvalue weighted by Gasteiger charge is -2.57. The summed E-state index contributed by atoms with van der Waals surface area (Å²) in [4.78, 5) is 7.84. The van der Waals surface area contributed by atoms with Gasteiger partial charge in [-0.25, -0.2) is 0 Å². The van der Waals surface area contributed by atoms with Crippen LogP contribution in [0.25, 0.3) is 0 Å². The zero-order valence-corrected chi connectivity index (χ0v) is 14.7. The Morgan fingerprint density at radius 1 is 1.10 bits per heavy atom. The van der Waals surface area contributed by atoms with Crippen molar-refractivity contribution in [3.8, 4) is 0 Å². The van der Waals surface area contributed by atoms with Crippen molar-refractivity contribution in [2.45, 2.75) is 45.6 Å². The lowest BCUT2D eigenvalue weighted by atomic mass is 9.71. The molecule has 3 heterocycles. The maximum Gasteiger partial charge on any atom is 0.0478 e. The van der Waals surface area contributed by atoms with Gasteiger partial charge in [-0.1, -0.05) is 13.8 Å². The SMILES string of the molecule is CC.CNCN1CCCC(N2CC3(CCN(C)CC3)C2)C1. The maximum atomic E-state index is 3.30. The molecule has 3 fully saturated rings. The first kappa shape index (κ1) is 17.2. The van der Waals surface area contributed by atoms with Gasteiger partial charge in [-0.2, -0.15) is 0 Å². The zero-order valence-electron chi connectivity index (χ0n) is 14.7. The Bertz CT molecular complexity index is 289. The normalized spacial score (nSPS) is 30.6. The van der Waals surface area contributed by atoms with Crippen LogP contribution in [0.4, 0.5) is 0 Å². The fraction of sp³-hybridized carbons (Fsp3) is 1.00. The van der Waals surface area contributed by atoms with Crippen LogP contribution in [0.5, 0.6) is 0 Å². The Kier molecular flexibility index (Phi) is 6.48. The minimum atomic E-state index is 0.692. The minimum Gasteiger partial charge on any atom is -0.307 e. The Morgan fingerprint density at radius 3 is 2.38 bits per heavy atom. The summed E-state index contributed by atoms with van der Waals surface area (Å²) in [6.45, 7) is 13.0. The van der Waals surface area contributed by atoms with Crippen LogP contribution in [0.3, 0.4) is 0 Å². The van der Waals surface area contributed by atoms with Gasteiger partial charge in [0.2, 0.25) is 0 Å². The van der Waals surface area contributed by atoms with E-state index in [9.17, 15) is 0 Å². The number of nitrogens with zero attached hydrogens (tertiary/aromatic N) is 3. The number of rotatable bonds is 3. The summed E-state index contributed by atoms with van der Waals surface area (Å²) in [6, 6.07) is 0.826. The van der Waals surface area contributed by atoms with E-state index in [-0.39, 0.29) is 0 Å². The topological polar surface area (TPSA) is 21.8 Å². The highest BCUT2D eigenvalue weighted by Crippen LogP contribution is 2.42. The molecule has 1 atom stereocenters. The monoisotopic (exact) mass is 296 g/mol. The van der Waals surface area contributed by atoms with Crippen molar-refractivity contribution < 1.29 is 0 Å². The maximum absolute atomic E-state index is 3.30. The zero-order chi connectivity index (χ0) is 15.3. The molecule has 0 aromatic carbocycles. The lowest BCUT2D eigenvalue weighted by Crippen LogP contribution is -2.65. The summed E-state index contributed by atoms with van der Waals surface area (Å²) in [7, 11) is 4.32. The summed E-state index contributed by atoms with van der Waals surface area (Å²) in [5, 5.41) is 3.30. The molecule has 0 radical (unpaired) electrons. The van der Waals surface area contributed by atoms with E-state index in [1.807, 2.05) is 13.8 Å². The summed E-state index contributed by atoms with van der Waals surface area (Å²) < 4.78 is 0. The highest BCUT2D eigenvalue weighted by atomic mass is 15.3. The van der Waals surface area contributed by atoms with Gasteiger partial charge >= 0.3 is 0 Å². The molecule has 1 unspecified atom stereocenters. The molecule has 1 spiro atoms. The van der Waals surface area contributed by atoms with Gasteiger partial charge in [-0.15, -0.1) is 0 Å². The Morgan fingerprint density at radius 2 is 1.76 bits per heavy atom. The van der Waals surface area contributed by atoms with E-state index in [0.29, 0.717) is 5.41 Å². The van der Waals surface area contributed by atoms with Crippen molar-refractivity contribution in [2.75, 3.05) is 60.0 Å². The first-order chi connectivity index (χ1) is 10.2. The van der Waals surface area contributed by atoms with Gasteiger partial charge in [0.15, 0.2) is 0 Å². The number of nitrogens with one attached hydrogen (secondary N) is 1. The van der Waals surface area contributed by atoms with Crippen molar-refractivity contribution in [1.29, 1.82) is 0 Å². The average molecular weight is 297 g/mol. The van der Waals surface area contributed by atoms with Crippen LogP contribution in [0.1, 0.15) is 39.5 Å². The highest BCUT2D eigenvalue weighted by Gasteiger charge is 2.46. The van der Waals surface area contributed by atoms with Crippen LogP contribution in [0, 0.1) is 5.41 Å². The molecule has 124 valence electrons. The van der Waals surface area contributed by atoms with Gasteiger partial charge in [-0.3, -0.25) is 9.80 Å². The van der Waals surface area contributed by atoms with Crippen LogP contribution in [0.15, 0.2) is 0 Å². The molecule has 0 saturated carbocycles. The second-order valence-corrected chi connectivity index (χ2v) is 7.09. The second-order valence-electron chi connectivity index (χ2n) is 7.09. The highest BCUT2D eigenvalue weighted by molar-refractivity contribution is 5.01. The van der Waals surface area contributed by atoms with E-state index in [1.165, 1.54) is 65.0 Å². The van der Waals surface area contributed by atoms with E-state index >= 15 is 0 Å². The smallest absolute Gasteiger partial charge is 0.0478 e. The number of hydrogen-bond donors (Lipinski definition) is 1. The van der Waals surface area contributed by atoms with E-state index in [0.717, 1.165) is 12.7 Å². The molecule has 4 nitrogen and oxygen atoms in total. The van der Waals surface area contributed by atoms with Gasteiger partial charge in [0.05, 0.1) is 0 Å². The summed E-state index contributed by atoms with van der Waals surface area (Å²) in [5.74, 6) is 0. The summed E-state index contributed by atoms with van der Waals surface area (Å²) in [5.41, 5.74) is 0.692. The standard InChI is InChI=1S/C15H30N4.C2H6/c1-16-13-18-7-3-4-14(10-18)19-11-15(12-19)5-8-17(2)9-6-15;1-2/h14,16H,3-13H2,1-2H3;1-2H3. The van der Waals surface area contributed by atoms with Crippen LogP contribution in [-0.2, 0) is 0 Å². The quantitative estimate of drug-likeness (QED) is 0.855. The van der Waals surface area contributed by atoms with Crippen LogP contribution in [-0.4, -0.2) is 80.8 Å². The fourth-order valence-corrected chi connectivity index (χ4v) is 4.18. The van der Waals surface area contributed by atoms with Gasteiger partial charge in [-0.05, 0) is 64.8 Å². The Labute approximate surface area is 131 Å². The van der Waals surface area contributed by atoms with E-state index in [1.54, 1.807) is 0 Å². The summed E-state index contributed by atoms with van der Waals surface area (Å²) >= 11 is 0.